The van der Waals surface area contributed by atoms with Crippen LogP contribution in [0.3, 0.4) is 0 Å². The Kier molecular flexibility index (Phi) is 7.64. The molecule has 5 heteroatoms. The van der Waals surface area contributed by atoms with E-state index < -0.39 is 0 Å². The zero-order valence-corrected chi connectivity index (χ0v) is 31.1. The SMILES string of the molecule is Cc1cccc2oc3c(-c4cc(-c5cc(-c6cccc(-c7ccccc7)c6)nc(-c6ccccc6)n5)cc(-n5c6ccccc6c6ccccc65)c4)ccnc3c12. The van der Waals surface area contributed by atoms with Gasteiger partial charge in [0.05, 0.1) is 22.4 Å². The molecule has 0 aliphatic heterocycles. The van der Waals surface area contributed by atoms with Gasteiger partial charge in [-0.25, -0.2) is 9.97 Å². The summed E-state index contributed by atoms with van der Waals surface area (Å²) in [5.74, 6) is 0.663. The Balaban J connectivity index is 1.19. The largest absolute Gasteiger partial charge is 0.454 e. The fourth-order valence-corrected chi connectivity index (χ4v) is 8.29. The van der Waals surface area contributed by atoms with Crippen molar-refractivity contribution in [2.24, 2.45) is 0 Å². The summed E-state index contributed by atoms with van der Waals surface area (Å²) in [6.07, 6.45) is 1.89. The number of rotatable bonds is 6. The van der Waals surface area contributed by atoms with Gasteiger partial charge in [0.25, 0.3) is 0 Å². The Morgan fingerprint density at radius 1 is 0.474 bits per heavy atom. The standard InChI is InChI=1S/C52H34N4O/c1-33-14-12-25-48-49(33)50-51(57-48)41(26-27-53-50)38-29-39(31-40(30-38)56-46-23-10-8-21-42(46)43-22-9-11-24-47(43)56)45-32-44(54-52(55-45)35-17-6-3-7-18-35)37-20-13-19-36(28-37)34-15-4-2-5-16-34/h2-32H,1H3. The normalized spacial score (nSPS) is 11.6. The van der Waals surface area contributed by atoms with Gasteiger partial charge in [-0.1, -0.05) is 127 Å². The molecule has 0 fully saturated rings. The molecule has 57 heavy (non-hydrogen) atoms. The second-order valence-electron chi connectivity index (χ2n) is 14.5. The van der Waals surface area contributed by atoms with Crippen LogP contribution < -0.4 is 0 Å². The van der Waals surface area contributed by atoms with Crippen molar-refractivity contribution in [2.45, 2.75) is 6.92 Å². The third kappa shape index (κ3) is 5.59. The lowest BCUT2D eigenvalue weighted by atomic mass is 9.98. The fourth-order valence-electron chi connectivity index (χ4n) is 8.29. The van der Waals surface area contributed by atoms with Gasteiger partial charge in [0.15, 0.2) is 11.4 Å². The first-order chi connectivity index (χ1) is 28.2. The molecular formula is C52H34N4O. The van der Waals surface area contributed by atoms with Crippen molar-refractivity contribution in [2.75, 3.05) is 0 Å². The third-order valence-corrected chi connectivity index (χ3v) is 11.0. The van der Waals surface area contributed by atoms with E-state index in [2.05, 4.69) is 157 Å². The predicted molar refractivity (Wildman–Crippen MR) is 233 cm³/mol. The molecule has 0 atom stereocenters. The fraction of sp³-hybridized carbons (Fsp3) is 0.0192. The molecular weight excluding hydrogens is 697 g/mol. The monoisotopic (exact) mass is 730 g/mol. The number of pyridine rings is 1. The van der Waals surface area contributed by atoms with Gasteiger partial charge in [-0.15, -0.1) is 0 Å². The van der Waals surface area contributed by atoms with E-state index in [0.29, 0.717) is 5.82 Å². The van der Waals surface area contributed by atoms with Crippen molar-refractivity contribution in [1.29, 1.82) is 0 Å². The van der Waals surface area contributed by atoms with Crippen molar-refractivity contribution in [3.05, 3.63) is 194 Å². The molecule has 0 bridgehead atoms. The van der Waals surface area contributed by atoms with Crippen LogP contribution in [0.2, 0.25) is 0 Å². The average molecular weight is 731 g/mol. The smallest absolute Gasteiger partial charge is 0.161 e. The minimum Gasteiger partial charge on any atom is -0.454 e. The van der Waals surface area contributed by atoms with E-state index >= 15 is 0 Å². The molecule has 0 spiro atoms. The maximum Gasteiger partial charge on any atom is 0.161 e. The van der Waals surface area contributed by atoms with Crippen LogP contribution in [0, 0.1) is 6.92 Å². The summed E-state index contributed by atoms with van der Waals surface area (Å²) in [7, 11) is 0. The lowest BCUT2D eigenvalue weighted by molar-refractivity contribution is 0.669. The maximum absolute atomic E-state index is 6.64. The van der Waals surface area contributed by atoms with Crippen molar-refractivity contribution < 1.29 is 4.42 Å². The molecule has 0 aliphatic rings. The zero-order chi connectivity index (χ0) is 37.9. The van der Waals surface area contributed by atoms with E-state index in [1.807, 2.05) is 42.6 Å². The van der Waals surface area contributed by atoms with Crippen molar-refractivity contribution in [3.8, 4) is 61.8 Å². The molecule has 11 aromatic rings. The van der Waals surface area contributed by atoms with Gasteiger partial charge >= 0.3 is 0 Å². The second kappa shape index (κ2) is 13.3. The van der Waals surface area contributed by atoms with Gasteiger partial charge in [-0.05, 0) is 83.8 Å². The highest BCUT2D eigenvalue weighted by Gasteiger charge is 2.20. The molecule has 0 saturated heterocycles. The van der Waals surface area contributed by atoms with Gasteiger partial charge in [-0.3, -0.25) is 4.98 Å². The first-order valence-corrected chi connectivity index (χ1v) is 19.2. The summed E-state index contributed by atoms with van der Waals surface area (Å²) in [5.41, 5.74) is 15.7. The summed E-state index contributed by atoms with van der Waals surface area (Å²) in [6.45, 7) is 2.11. The Morgan fingerprint density at radius 2 is 1.07 bits per heavy atom. The van der Waals surface area contributed by atoms with Crippen LogP contribution in [0.25, 0.3) is 106 Å². The van der Waals surface area contributed by atoms with Gasteiger partial charge in [0.2, 0.25) is 0 Å². The van der Waals surface area contributed by atoms with Crippen LogP contribution in [0.1, 0.15) is 5.56 Å². The average Bonchev–Trinajstić information content (AvgIpc) is 3.84. The summed E-state index contributed by atoms with van der Waals surface area (Å²) in [6, 6.07) is 63.6. The second-order valence-corrected chi connectivity index (χ2v) is 14.5. The van der Waals surface area contributed by atoms with Crippen LogP contribution in [-0.2, 0) is 0 Å². The van der Waals surface area contributed by atoms with E-state index in [9.17, 15) is 0 Å². The Morgan fingerprint density at radius 3 is 1.82 bits per heavy atom. The Hall–Kier alpha value is -7.63. The lowest BCUT2D eigenvalue weighted by Gasteiger charge is -2.15. The minimum absolute atomic E-state index is 0.663. The number of aryl methyl sites for hydroxylation is 1. The van der Waals surface area contributed by atoms with E-state index in [-0.39, 0.29) is 0 Å². The highest BCUT2D eigenvalue weighted by Crippen LogP contribution is 2.40. The summed E-state index contributed by atoms with van der Waals surface area (Å²) < 4.78 is 9.01. The summed E-state index contributed by atoms with van der Waals surface area (Å²) in [4.78, 5) is 15.4. The molecule has 268 valence electrons. The molecule has 0 N–H and O–H groups in total. The van der Waals surface area contributed by atoms with Gasteiger partial charge < -0.3 is 8.98 Å². The molecule has 4 heterocycles. The number of furan rings is 1. The number of para-hydroxylation sites is 2. The molecule has 0 unspecified atom stereocenters. The first kappa shape index (κ1) is 32.8. The number of benzene rings is 7. The van der Waals surface area contributed by atoms with Crippen molar-refractivity contribution in [1.82, 2.24) is 19.5 Å². The number of hydrogen-bond acceptors (Lipinski definition) is 4. The van der Waals surface area contributed by atoms with E-state index in [1.54, 1.807) is 0 Å². The number of hydrogen-bond donors (Lipinski definition) is 0. The maximum atomic E-state index is 6.64. The molecule has 7 aromatic carbocycles. The van der Waals surface area contributed by atoms with Gasteiger partial charge in [0.1, 0.15) is 11.1 Å². The number of fused-ring (bicyclic) bond motifs is 6. The molecule has 11 rings (SSSR count). The van der Waals surface area contributed by atoms with Crippen LogP contribution in [0.4, 0.5) is 0 Å². The molecule has 0 amide bonds. The summed E-state index contributed by atoms with van der Waals surface area (Å²) >= 11 is 0. The first-order valence-electron chi connectivity index (χ1n) is 19.2. The van der Waals surface area contributed by atoms with Crippen molar-refractivity contribution >= 4 is 43.9 Å². The quantitative estimate of drug-likeness (QED) is 0.171. The topological polar surface area (TPSA) is 56.7 Å². The number of nitrogens with zero attached hydrogens (tertiary/aromatic N) is 4. The van der Waals surface area contributed by atoms with Gasteiger partial charge in [0, 0.05) is 50.3 Å². The third-order valence-electron chi connectivity index (χ3n) is 11.0. The molecule has 0 saturated carbocycles. The Bertz CT molecular complexity index is 3250. The highest BCUT2D eigenvalue weighted by molar-refractivity contribution is 6.10. The van der Waals surface area contributed by atoms with Crippen LogP contribution in [-0.4, -0.2) is 19.5 Å². The molecule has 0 aliphatic carbocycles. The zero-order valence-electron chi connectivity index (χ0n) is 31.1. The van der Waals surface area contributed by atoms with E-state index in [1.165, 1.54) is 10.8 Å². The van der Waals surface area contributed by atoms with Crippen LogP contribution in [0.5, 0.6) is 0 Å². The minimum atomic E-state index is 0.663. The number of aromatic nitrogens is 4. The van der Waals surface area contributed by atoms with Gasteiger partial charge in [-0.2, -0.15) is 0 Å². The van der Waals surface area contributed by atoms with E-state index in [4.69, 9.17) is 19.4 Å². The molecule has 5 nitrogen and oxygen atoms in total. The molecule has 4 aromatic heterocycles. The van der Waals surface area contributed by atoms with Crippen LogP contribution in [0.15, 0.2) is 193 Å². The predicted octanol–water partition coefficient (Wildman–Crippen LogP) is 13.5. The van der Waals surface area contributed by atoms with E-state index in [0.717, 1.165) is 94.7 Å². The highest BCUT2D eigenvalue weighted by atomic mass is 16.3. The Labute approximate surface area is 329 Å². The van der Waals surface area contributed by atoms with Crippen LogP contribution >= 0.6 is 0 Å². The lowest BCUT2D eigenvalue weighted by Crippen LogP contribution is -1.99. The van der Waals surface area contributed by atoms with Crippen molar-refractivity contribution in [3.63, 3.8) is 0 Å². The molecule has 0 radical (unpaired) electrons. The summed E-state index contributed by atoms with van der Waals surface area (Å²) in [5, 5.41) is 3.44.